The highest BCUT2D eigenvalue weighted by Crippen LogP contribution is 2.16. The van der Waals surface area contributed by atoms with Crippen LogP contribution in [0.5, 0.6) is 5.75 Å². The standard InChI is InChI=1S/C20H26N4O3/c21-22-20(26)16-6-8-19(9-7-16)27-15-18(25)14-23-10-12-24(13-11-23)17-4-2-1-3-5-17/h1-9,18,25H,10-15,21H2,(H,22,26)/t18-/m0/s1. The number of nitrogens with two attached hydrogens (primary N) is 1. The Morgan fingerprint density at radius 3 is 2.37 bits per heavy atom. The number of aliphatic hydroxyl groups excluding tert-OH is 1. The number of rotatable bonds is 7. The van der Waals surface area contributed by atoms with E-state index in [0.29, 0.717) is 17.9 Å². The third-order valence-electron chi connectivity index (χ3n) is 4.65. The van der Waals surface area contributed by atoms with E-state index in [4.69, 9.17) is 10.6 Å². The fourth-order valence-corrected chi connectivity index (χ4v) is 3.16. The van der Waals surface area contributed by atoms with Crippen LogP contribution in [0.1, 0.15) is 10.4 Å². The highest BCUT2D eigenvalue weighted by Gasteiger charge is 2.19. The molecule has 27 heavy (non-hydrogen) atoms. The molecule has 0 unspecified atom stereocenters. The predicted molar refractivity (Wildman–Crippen MR) is 105 cm³/mol. The average Bonchev–Trinajstić information content (AvgIpc) is 2.73. The Morgan fingerprint density at radius 1 is 1.07 bits per heavy atom. The first-order valence-corrected chi connectivity index (χ1v) is 9.10. The van der Waals surface area contributed by atoms with Crippen molar-refractivity contribution >= 4 is 11.6 Å². The highest BCUT2D eigenvalue weighted by atomic mass is 16.5. The van der Waals surface area contributed by atoms with Gasteiger partial charge >= 0.3 is 0 Å². The molecule has 1 fully saturated rings. The molecule has 1 saturated heterocycles. The van der Waals surface area contributed by atoms with Crippen molar-refractivity contribution in [2.45, 2.75) is 6.10 Å². The Morgan fingerprint density at radius 2 is 1.74 bits per heavy atom. The van der Waals surface area contributed by atoms with E-state index in [0.717, 1.165) is 26.2 Å². The number of benzene rings is 2. The largest absolute Gasteiger partial charge is 0.491 e. The number of para-hydroxylation sites is 1. The highest BCUT2D eigenvalue weighted by molar-refractivity contribution is 5.93. The Kier molecular flexibility index (Phi) is 6.64. The number of anilines is 1. The lowest BCUT2D eigenvalue weighted by molar-refractivity contribution is 0.0663. The van der Waals surface area contributed by atoms with Gasteiger partial charge in [-0.15, -0.1) is 0 Å². The molecular weight excluding hydrogens is 344 g/mol. The van der Waals surface area contributed by atoms with Gasteiger partial charge in [-0.25, -0.2) is 5.84 Å². The van der Waals surface area contributed by atoms with Gasteiger partial charge in [-0.3, -0.25) is 15.1 Å². The minimum atomic E-state index is -0.569. The maximum atomic E-state index is 11.4. The number of piperazine rings is 1. The number of ether oxygens (including phenoxy) is 1. The Bertz CT molecular complexity index is 716. The van der Waals surface area contributed by atoms with Crippen LogP contribution in [0, 0.1) is 0 Å². The van der Waals surface area contributed by atoms with Gasteiger partial charge in [-0.05, 0) is 36.4 Å². The number of amides is 1. The van der Waals surface area contributed by atoms with Crippen molar-refractivity contribution in [2.75, 3.05) is 44.2 Å². The van der Waals surface area contributed by atoms with Crippen molar-refractivity contribution in [1.29, 1.82) is 0 Å². The van der Waals surface area contributed by atoms with E-state index >= 15 is 0 Å². The normalized spacial score (nSPS) is 16.0. The van der Waals surface area contributed by atoms with E-state index in [1.54, 1.807) is 24.3 Å². The molecule has 2 aromatic rings. The third-order valence-corrected chi connectivity index (χ3v) is 4.65. The van der Waals surface area contributed by atoms with Crippen LogP contribution in [0.3, 0.4) is 0 Å². The van der Waals surface area contributed by atoms with Crippen molar-refractivity contribution in [3.05, 3.63) is 60.2 Å². The first kappa shape index (κ1) is 19.2. The van der Waals surface area contributed by atoms with Crippen LogP contribution >= 0.6 is 0 Å². The van der Waals surface area contributed by atoms with Crippen LogP contribution in [0.2, 0.25) is 0 Å². The summed E-state index contributed by atoms with van der Waals surface area (Å²) in [5, 5.41) is 10.3. The van der Waals surface area contributed by atoms with Crippen molar-refractivity contribution in [1.82, 2.24) is 10.3 Å². The second kappa shape index (κ2) is 9.36. The summed E-state index contributed by atoms with van der Waals surface area (Å²) < 4.78 is 5.62. The molecule has 0 bridgehead atoms. The summed E-state index contributed by atoms with van der Waals surface area (Å²) in [6.45, 7) is 4.51. The molecule has 3 rings (SSSR count). The maximum absolute atomic E-state index is 11.4. The molecule has 1 amide bonds. The molecule has 2 aromatic carbocycles. The van der Waals surface area contributed by atoms with Gasteiger partial charge in [0.1, 0.15) is 18.5 Å². The smallest absolute Gasteiger partial charge is 0.265 e. The van der Waals surface area contributed by atoms with Gasteiger partial charge < -0.3 is 14.7 Å². The molecule has 0 aliphatic carbocycles. The summed E-state index contributed by atoms with van der Waals surface area (Å²) in [5.74, 6) is 5.36. The number of nitrogens with zero attached hydrogens (tertiary/aromatic N) is 2. The van der Waals surface area contributed by atoms with E-state index in [1.807, 2.05) is 6.07 Å². The molecule has 0 saturated carbocycles. The number of hydrogen-bond donors (Lipinski definition) is 3. The number of hydrazine groups is 1. The third kappa shape index (κ3) is 5.43. The lowest BCUT2D eigenvalue weighted by Crippen LogP contribution is -2.49. The molecule has 0 spiro atoms. The number of nitrogens with one attached hydrogen (secondary N) is 1. The molecule has 1 aliphatic heterocycles. The van der Waals surface area contributed by atoms with Gasteiger partial charge in [0.25, 0.3) is 5.91 Å². The number of aliphatic hydroxyl groups is 1. The predicted octanol–water partition coefficient (Wildman–Crippen LogP) is 0.852. The van der Waals surface area contributed by atoms with Crippen LogP contribution in [0.15, 0.2) is 54.6 Å². The SMILES string of the molecule is NNC(=O)c1ccc(OC[C@@H](O)CN2CCN(c3ccccc3)CC2)cc1. The number of carbonyl (C=O) groups excluding carboxylic acids is 1. The van der Waals surface area contributed by atoms with E-state index in [2.05, 4.69) is 39.5 Å². The van der Waals surface area contributed by atoms with E-state index in [-0.39, 0.29) is 12.5 Å². The van der Waals surface area contributed by atoms with Gasteiger partial charge in [-0.1, -0.05) is 18.2 Å². The number of β-amino-alcohol motifs (C(OH)–C–C–N with tert-alkyl or cyclic N) is 1. The fraction of sp³-hybridized carbons (Fsp3) is 0.350. The summed E-state index contributed by atoms with van der Waals surface area (Å²) >= 11 is 0. The van der Waals surface area contributed by atoms with Gasteiger partial charge in [0, 0.05) is 44.0 Å². The zero-order chi connectivity index (χ0) is 19.1. The molecule has 7 nitrogen and oxygen atoms in total. The molecule has 1 atom stereocenters. The van der Waals surface area contributed by atoms with Crippen LogP contribution in [-0.2, 0) is 0 Å². The summed E-state index contributed by atoms with van der Waals surface area (Å²) in [4.78, 5) is 16.0. The van der Waals surface area contributed by atoms with Gasteiger partial charge in [0.15, 0.2) is 0 Å². The van der Waals surface area contributed by atoms with Crippen molar-refractivity contribution < 1.29 is 14.6 Å². The first-order chi connectivity index (χ1) is 13.2. The summed E-state index contributed by atoms with van der Waals surface area (Å²) in [5.41, 5.74) is 3.78. The van der Waals surface area contributed by atoms with E-state index < -0.39 is 6.10 Å². The monoisotopic (exact) mass is 370 g/mol. The Hall–Kier alpha value is -2.61. The van der Waals surface area contributed by atoms with Crippen molar-refractivity contribution in [3.8, 4) is 5.75 Å². The lowest BCUT2D eigenvalue weighted by Gasteiger charge is -2.36. The zero-order valence-electron chi connectivity index (χ0n) is 15.3. The molecule has 0 radical (unpaired) electrons. The molecular formula is C20H26N4O3. The van der Waals surface area contributed by atoms with Gasteiger partial charge in [0.05, 0.1) is 0 Å². The zero-order valence-corrected chi connectivity index (χ0v) is 15.3. The van der Waals surface area contributed by atoms with Crippen LogP contribution in [0.4, 0.5) is 5.69 Å². The van der Waals surface area contributed by atoms with Crippen LogP contribution < -0.4 is 20.9 Å². The van der Waals surface area contributed by atoms with E-state index in [1.165, 1.54) is 5.69 Å². The topological polar surface area (TPSA) is 91.1 Å². The van der Waals surface area contributed by atoms with Crippen LogP contribution in [-0.4, -0.2) is 61.3 Å². The van der Waals surface area contributed by atoms with Gasteiger partial charge in [0.2, 0.25) is 0 Å². The molecule has 1 heterocycles. The molecule has 144 valence electrons. The molecule has 1 aliphatic rings. The number of hydrogen-bond acceptors (Lipinski definition) is 6. The molecule has 4 N–H and O–H groups in total. The summed E-state index contributed by atoms with van der Waals surface area (Å²) in [7, 11) is 0. The minimum Gasteiger partial charge on any atom is -0.491 e. The average molecular weight is 370 g/mol. The number of carbonyl (C=O) groups is 1. The minimum absolute atomic E-state index is 0.210. The maximum Gasteiger partial charge on any atom is 0.265 e. The van der Waals surface area contributed by atoms with Crippen molar-refractivity contribution in [2.24, 2.45) is 5.84 Å². The Balaban J connectivity index is 1.40. The molecule has 7 heteroatoms. The Labute approximate surface area is 159 Å². The molecule has 0 aromatic heterocycles. The van der Waals surface area contributed by atoms with Crippen molar-refractivity contribution in [3.63, 3.8) is 0 Å². The second-order valence-corrected chi connectivity index (χ2v) is 6.59. The lowest BCUT2D eigenvalue weighted by atomic mass is 10.2. The summed E-state index contributed by atoms with van der Waals surface area (Å²) in [6, 6.07) is 17.0. The first-order valence-electron chi connectivity index (χ1n) is 9.10. The van der Waals surface area contributed by atoms with Crippen LogP contribution in [0.25, 0.3) is 0 Å². The second-order valence-electron chi connectivity index (χ2n) is 6.59. The van der Waals surface area contributed by atoms with Gasteiger partial charge in [-0.2, -0.15) is 0 Å². The van der Waals surface area contributed by atoms with E-state index in [9.17, 15) is 9.90 Å². The fourth-order valence-electron chi connectivity index (χ4n) is 3.16. The summed E-state index contributed by atoms with van der Waals surface area (Å²) in [6.07, 6.45) is -0.569. The quantitative estimate of drug-likeness (QED) is 0.380. The number of nitrogen functional groups attached to an aromatic ring is 1.